The van der Waals surface area contributed by atoms with Crippen LogP contribution in [0.15, 0.2) is 34.7 Å². The van der Waals surface area contributed by atoms with Gasteiger partial charge in [-0.2, -0.15) is 0 Å². The monoisotopic (exact) mass is 285 g/mol. The van der Waals surface area contributed by atoms with Gasteiger partial charge in [0.1, 0.15) is 0 Å². The first-order chi connectivity index (χ1) is 10.2. The van der Waals surface area contributed by atoms with Crippen LogP contribution in [0.3, 0.4) is 0 Å². The molecule has 0 bridgehead atoms. The minimum atomic E-state index is 0.608. The molecular formula is C17H23N3O. The maximum absolute atomic E-state index is 5.79. The van der Waals surface area contributed by atoms with E-state index in [1.807, 2.05) is 30.3 Å². The lowest BCUT2D eigenvalue weighted by Gasteiger charge is -2.32. The second kappa shape index (κ2) is 6.39. The van der Waals surface area contributed by atoms with E-state index >= 15 is 0 Å². The van der Waals surface area contributed by atoms with Crippen LogP contribution in [0.5, 0.6) is 0 Å². The molecule has 0 N–H and O–H groups in total. The third-order valence-electron chi connectivity index (χ3n) is 4.48. The van der Waals surface area contributed by atoms with Crippen LogP contribution in [-0.4, -0.2) is 28.2 Å². The molecule has 4 nitrogen and oxygen atoms in total. The van der Waals surface area contributed by atoms with Gasteiger partial charge in [-0.15, -0.1) is 10.2 Å². The number of aromatic nitrogens is 2. The molecule has 1 saturated carbocycles. The number of nitrogens with zero attached hydrogens (tertiary/aromatic N) is 3. The molecule has 3 rings (SSSR count). The highest BCUT2D eigenvalue weighted by atomic mass is 16.4. The highest BCUT2D eigenvalue weighted by molar-refractivity contribution is 5.51. The fourth-order valence-electron chi connectivity index (χ4n) is 3.04. The van der Waals surface area contributed by atoms with Crippen LogP contribution in [0, 0.1) is 5.92 Å². The van der Waals surface area contributed by atoms with Crippen molar-refractivity contribution < 1.29 is 4.42 Å². The Bertz CT molecular complexity index is 558. The first kappa shape index (κ1) is 14.3. The highest BCUT2D eigenvalue weighted by Crippen LogP contribution is 2.27. The Hall–Kier alpha value is -1.68. The largest absolute Gasteiger partial charge is 0.419 e. The Morgan fingerprint density at radius 1 is 1.10 bits per heavy atom. The van der Waals surface area contributed by atoms with Gasteiger partial charge in [-0.3, -0.25) is 4.90 Å². The summed E-state index contributed by atoms with van der Waals surface area (Å²) in [5, 5.41) is 8.34. The summed E-state index contributed by atoms with van der Waals surface area (Å²) < 4.78 is 5.79. The van der Waals surface area contributed by atoms with Gasteiger partial charge in [0.25, 0.3) is 0 Å². The SMILES string of the molecule is CC1CCC(N(C)Cc2nnc(-c3ccccc3)o2)CC1. The van der Waals surface area contributed by atoms with E-state index in [-0.39, 0.29) is 0 Å². The normalized spacial score (nSPS) is 22.6. The molecule has 1 fully saturated rings. The standard InChI is InChI=1S/C17H23N3O/c1-13-8-10-15(11-9-13)20(2)12-16-18-19-17(21-16)14-6-4-3-5-7-14/h3-7,13,15H,8-12H2,1-2H3. The second-order valence-corrected chi connectivity index (χ2v) is 6.20. The van der Waals surface area contributed by atoms with E-state index in [1.54, 1.807) is 0 Å². The van der Waals surface area contributed by atoms with Crippen molar-refractivity contribution in [3.05, 3.63) is 36.2 Å². The molecule has 0 unspecified atom stereocenters. The first-order valence-corrected chi connectivity index (χ1v) is 7.80. The molecule has 0 saturated heterocycles. The van der Waals surface area contributed by atoms with Crippen molar-refractivity contribution in [1.82, 2.24) is 15.1 Å². The lowest BCUT2D eigenvalue weighted by Crippen LogP contribution is -2.34. The number of hydrogen-bond acceptors (Lipinski definition) is 4. The highest BCUT2D eigenvalue weighted by Gasteiger charge is 2.23. The molecule has 4 heteroatoms. The van der Waals surface area contributed by atoms with Crippen LogP contribution < -0.4 is 0 Å². The van der Waals surface area contributed by atoms with Crippen molar-refractivity contribution >= 4 is 0 Å². The molecule has 0 atom stereocenters. The molecule has 1 aliphatic carbocycles. The van der Waals surface area contributed by atoms with Gasteiger partial charge in [0, 0.05) is 11.6 Å². The predicted molar refractivity (Wildman–Crippen MR) is 82.6 cm³/mol. The Morgan fingerprint density at radius 2 is 1.81 bits per heavy atom. The second-order valence-electron chi connectivity index (χ2n) is 6.20. The molecule has 21 heavy (non-hydrogen) atoms. The Labute approximate surface area is 126 Å². The summed E-state index contributed by atoms with van der Waals surface area (Å²) in [6.45, 7) is 3.08. The summed E-state index contributed by atoms with van der Waals surface area (Å²) in [5.41, 5.74) is 0.977. The van der Waals surface area contributed by atoms with Crippen LogP contribution in [0.2, 0.25) is 0 Å². The minimum Gasteiger partial charge on any atom is -0.419 e. The summed E-state index contributed by atoms with van der Waals surface area (Å²) >= 11 is 0. The quantitative estimate of drug-likeness (QED) is 0.858. The zero-order valence-electron chi connectivity index (χ0n) is 12.8. The average molecular weight is 285 g/mol. The number of rotatable bonds is 4. The van der Waals surface area contributed by atoms with Crippen LogP contribution in [-0.2, 0) is 6.54 Å². The molecule has 0 radical (unpaired) electrons. The summed E-state index contributed by atoms with van der Waals surface area (Å²) in [4.78, 5) is 2.36. The van der Waals surface area contributed by atoms with Crippen LogP contribution >= 0.6 is 0 Å². The molecule has 0 spiro atoms. The zero-order chi connectivity index (χ0) is 14.7. The van der Waals surface area contributed by atoms with Crippen molar-refractivity contribution in [2.45, 2.75) is 45.2 Å². The maximum atomic E-state index is 5.79. The summed E-state index contributed by atoms with van der Waals surface area (Å²) in [7, 11) is 2.16. The maximum Gasteiger partial charge on any atom is 0.247 e. The first-order valence-electron chi connectivity index (χ1n) is 7.80. The van der Waals surface area contributed by atoms with Gasteiger partial charge in [-0.05, 0) is 50.8 Å². The molecule has 1 aliphatic rings. The van der Waals surface area contributed by atoms with Gasteiger partial charge in [0.2, 0.25) is 11.8 Å². The molecule has 0 amide bonds. The van der Waals surface area contributed by atoms with E-state index in [4.69, 9.17) is 4.42 Å². The Kier molecular flexibility index (Phi) is 4.34. The third-order valence-corrected chi connectivity index (χ3v) is 4.48. The lowest BCUT2D eigenvalue weighted by atomic mass is 9.87. The predicted octanol–water partition coefficient (Wildman–Crippen LogP) is 3.75. The van der Waals surface area contributed by atoms with Crippen molar-refractivity contribution in [1.29, 1.82) is 0 Å². The van der Waals surface area contributed by atoms with E-state index in [0.717, 1.165) is 18.0 Å². The molecule has 1 heterocycles. The number of benzene rings is 1. The Morgan fingerprint density at radius 3 is 2.52 bits per heavy atom. The van der Waals surface area contributed by atoms with Crippen molar-refractivity contribution in [3.8, 4) is 11.5 Å². The fourth-order valence-corrected chi connectivity index (χ4v) is 3.04. The van der Waals surface area contributed by atoms with Crippen LogP contribution in [0.1, 0.15) is 38.5 Å². The van der Waals surface area contributed by atoms with Gasteiger partial charge >= 0.3 is 0 Å². The Balaban J connectivity index is 1.62. The molecule has 0 aliphatic heterocycles. The smallest absolute Gasteiger partial charge is 0.247 e. The molecule has 1 aromatic heterocycles. The van der Waals surface area contributed by atoms with Crippen molar-refractivity contribution in [2.24, 2.45) is 5.92 Å². The van der Waals surface area contributed by atoms with E-state index in [0.29, 0.717) is 17.8 Å². The third kappa shape index (κ3) is 3.50. The molecule has 112 valence electrons. The molecule has 1 aromatic carbocycles. The summed E-state index contributed by atoms with van der Waals surface area (Å²) in [5.74, 6) is 2.19. The fraction of sp³-hybridized carbons (Fsp3) is 0.529. The van der Waals surface area contributed by atoms with Gasteiger partial charge in [-0.1, -0.05) is 25.1 Å². The van der Waals surface area contributed by atoms with E-state index < -0.39 is 0 Å². The molecule has 2 aromatic rings. The van der Waals surface area contributed by atoms with E-state index in [9.17, 15) is 0 Å². The van der Waals surface area contributed by atoms with Gasteiger partial charge in [-0.25, -0.2) is 0 Å². The average Bonchev–Trinajstić information content (AvgIpc) is 2.97. The minimum absolute atomic E-state index is 0.608. The number of hydrogen-bond donors (Lipinski definition) is 0. The zero-order valence-corrected chi connectivity index (χ0v) is 12.8. The van der Waals surface area contributed by atoms with Gasteiger partial charge in [0.15, 0.2) is 0 Å². The van der Waals surface area contributed by atoms with Crippen LogP contribution in [0.25, 0.3) is 11.5 Å². The summed E-state index contributed by atoms with van der Waals surface area (Å²) in [6, 6.07) is 10.6. The van der Waals surface area contributed by atoms with E-state index in [2.05, 4.69) is 29.1 Å². The van der Waals surface area contributed by atoms with Crippen molar-refractivity contribution in [2.75, 3.05) is 7.05 Å². The van der Waals surface area contributed by atoms with E-state index in [1.165, 1.54) is 25.7 Å². The van der Waals surface area contributed by atoms with Gasteiger partial charge in [0.05, 0.1) is 6.54 Å². The lowest BCUT2D eigenvalue weighted by molar-refractivity contribution is 0.152. The van der Waals surface area contributed by atoms with Crippen molar-refractivity contribution in [3.63, 3.8) is 0 Å². The summed E-state index contributed by atoms with van der Waals surface area (Å²) in [6.07, 6.45) is 5.21. The van der Waals surface area contributed by atoms with Crippen LogP contribution in [0.4, 0.5) is 0 Å². The molecular weight excluding hydrogens is 262 g/mol. The van der Waals surface area contributed by atoms with Gasteiger partial charge < -0.3 is 4.42 Å². The topological polar surface area (TPSA) is 42.2 Å².